The van der Waals surface area contributed by atoms with Crippen LogP contribution in [0.1, 0.15) is 40.5 Å². The highest BCUT2D eigenvalue weighted by atomic mass is 16.5. The number of amides is 1. The number of carbonyl (C=O) groups is 2. The second-order valence-corrected chi connectivity index (χ2v) is 8.13. The van der Waals surface area contributed by atoms with E-state index in [-0.39, 0.29) is 18.3 Å². The second kappa shape index (κ2) is 11.5. The Kier molecular flexibility index (Phi) is 8.02. The van der Waals surface area contributed by atoms with Crippen LogP contribution in [0.15, 0.2) is 65.1 Å². The summed E-state index contributed by atoms with van der Waals surface area (Å²) in [6.07, 6.45) is 0. The van der Waals surface area contributed by atoms with E-state index in [0.29, 0.717) is 29.6 Å². The lowest BCUT2D eigenvalue weighted by molar-refractivity contribution is 0.0600. The van der Waals surface area contributed by atoms with Crippen LogP contribution in [0.25, 0.3) is 11.0 Å². The van der Waals surface area contributed by atoms with Gasteiger partial charge in [0.2, 0.25) is 5.95 Å². The Balaban J connectivity index is 1.42. The molecule has 2 heterocycles. The highest BCUT2D eigenvalue weighted by Crippen LogP contribution is 2.21. The summed E-state index contributed by atoms with van der Waals surface area (Å²) in [5, 5.41) is 2.90. The average Bonchev–Trinajstić information content (AvgIpc) is 3.52. The van der Waals surface area contributed by atoms with Crippen LogP contribution in [-0.2, 0) is 17.9 Å². The predicted molar refractivity (Wildman–Crippen MR) is 136 cm³/mol. The van der Waals surface area contributed by atoms with Crippen molar-refractivity contribution in [3.8, 4) is 5.75 Å². The van der Waals surface area contributed by atoms with Gasteiger partial charge in [0.25, 0.3) is 5.91 Å². The number of likely N-dealkylation sites (N-methyl/N-ethyl adjacent to an activating group) is 1. The Bertz CT molecular complexity index is 1320. The fraction of sp³-hybridized carbons (Fsp3) is 0.296. The van der Waals surface area contributed by atoms with E-state index in [0.717, 1.165) is 30.7 Å². The molecule has 0 spiro atoms. The van der Waals surface area contributed by atoms with E-state index < -0.39 is 5.97 Å². The van der Waals surface area contributed by atoms with Gasteiger partial charge in [-0.3, -0.25) is 10.1 Å². The number of para-hydroxylation sites is 2. The number of hydrogen-bond acceptors (Lipinski definition) is 7. The molecule has 2 aromatic carbocycles. The van der Waals surface area contributed by atoms with E-state index in [2.05, 4.69) is 29.0 Å². The number of furan rings is 1. The summed E-state index contributed by atoms with van der Waals surface area (Å²) in [5.74, 6) is 0.900. The van der Waals surface area contributed by atoms with Gasteiger partial charge in [-0.1, -0.05) is 26.0 Å². The number of nitrogens with zero attached hydrogens (tertiary/aromatic N) is 3. The van der Waals surface area contributed by atoms with Crippen LogP contribution in [0.2, 0.25) is 0 Å². The van der Waals surface area contributed by atoms with Gasteiger partial charge in [0.05, 0.1) is 23.7 Å². The summed E-state index contributed by atoms with van der Waals surface area (Å²) in [7, 11) is 1.33. The molecule has 0 aliphatic carbocycles. The van der Waals surface area contributed by atoms with E-state index in [1.165, 1.54) is 7.11 Å². The van der Waals surface area contributed by atoms with Crippen LogP contribution in [0, 0.1) is 0 Å². The Labute approximate surface area is 209 Å². The van der Waals surface area contributed by atoms with Crippen LogP contribution >= 0.6 is 0 Å². The summed E-state index contributed by atoms with van der Waals surface area (Å²) in [5.41, 5.74) is 2.22. The van der Waals surface area contributed by atoms with Gasteiger partial charge in [-0.15, -0.1) is 0 Å². The molecule has 4 rings (SSSR count). The van der Waals surface area contributed by atoms with Gasteiger partial charge in [0, 0.05) is 13.1 Å². The maximum Gasteiger partial charge on any atom is 0.337 e. The van der Waals surface area contributed by atoms with E-state index >= 15 is 0 Å². The van der Waals surface area contributed by atoms with Crippen molar-refractivity contribution in [2.75, 3.05) is 32.1 Å². The number of aromatic nitrogens is 2. The van der Waals surface area contributed by atoms with Crippen LogP contribution in [0.3, 0.4) is 0 Å². The zero-order valence-corrected chi connectivity index (χ0v) is 20.7. The molecule has 0 aliphatic rings. The van der Waals surface area contributed by atoms with Gasteiger partial charge < -0.3 is 23.4 Å². The lowest BCUT2D eigenvalue weighted by Crippen LogP contribution is -2.27. The first kappa shape index (κ1) is 25.0. The first-order valence-corrected chi connectivity index (χ1v) is 11.9. The molecule has 2 aromatic heterocycles. The molecule has 0 bridgehead atoms. The number of ether oxygens (including phenoxy) is 2. The Morgan fingerprint density at radius 2 is 1.78 bits per heavy atom. The van der Waals surface area contributed by atoms with E-state index in [4.69, 9.17) is 13.9 Å². The smallest absolute Gasteiger partial charge is 0.337 e. The van der Waals surface area contributed by atoms with Gasteiger partial charge >= 0.3 is 5.97 Å². The summed E-state index contributed by atoms with van der Waals surface area (Å²) < 4.78 is 18.1. The first-order valence-electron chi connectivity index (χ1n) is 11.9. The summed E-state index contributed by atoms with van der Waals surface area (Å²) in [6, 6.07) is 17.7. The molecule has 0 saturated heterocycles. The topological polar surface area (TPSA) is 98.8 Å². The molecule has 1 N–H and O–H groups in total. The van der Waals surface area contributed by atoms with Crippen molar-refractivity contribution >= 4 is 28.9 Å². The van der Waals surface area contributed by atoms with Crippen molar-refractivity contribution in [3.63, 3.8) is 0 Å². The summed E-state index contributed by atoms with van der Waals surface area (Å²) >= 11 is 0. The largest absolute Gasteiger partial charge is 0.486 e. The number of anilines is 1. The Hall–Kier alpha value is -4.11. The molecule has 9 nitrogen and oxygen atoms in total. The van der Waals surface area contributed by atoms with Crippen LogP contribution in [0.5, 0.6) is 5.75 Å². The summed E-state index contributed by atoms with van der Waals surface area (Å²) in [4.78, 5) is 31.5. The molecule has 0 atom stereocenters. The van der Waals surface area contributed by atoms with E-state index in [1.54, 1.807) is 36.4 Å². The SMILES string of the molecule is CCN(CC)CCn1c(NC(=O)c2ccc(COc3ccc(C(=O)OC)cc3)o2)nc2ccccc21. The number of fused-ring (bicyclic) bond motifs is 1. The van der Waals surface area contributed by atoms with Crippen molar-refractivity contribution in [1.82, 2.24) is 14.5 Å². The number of rotatable bonds is 11. The molecule has 0 radical (unpaired) electrons. The molecule has 0 aliphatic heterocycles. The summed E-state index contributed by atoms with van der Waals surface area (Å²) in [6.45, 7) is 7.85. The number of hydrogen-bond donors (Lipinski definition) is 1. The third-order valence-electron chi connectivity index (χ3n) is 5.96. The number of nitrogens with one attached hydrogen (secondary N) is 1. The lowest BCUT2D eigenvalue weighted by atomic mass is 10.2. The molecule has 9 heteroatoms. The van der Waals surface area contributed by atoms with E-state index in [9.17, 15) is 9.59 Å². The zero-order chi connectivity index (χ0) is 25.5. The van der Waals surface area contributed by atoms with Crippen molar-refractivity contribution < 1.29 is 23.5 Å². The van der Waals surface area contributed by atoms with Crippen molar-refractivity contribution in [2.24, 2.45) is 0 Å². The van der Waals surface area contributed by atoms with Crippen LogP contribution in [-0.4, -0.2) is 53.1 Å². The molecular weight excluding hydrogens is 460 g/mol. The maximum atomic E-state index is 13.0. The molecule has 36 heavy (non-hydrogen) atoms. The predicted octanol–water partition coefficient (Wildman–Crippen LogP) is 4.59. The second-order valence-electron chi connectivity index (χ2n) is 8.13. The molecular formula is C27H30N4O5. The molecule has 188 valence electrons. The van der Waals surface area contributed by atoms with Gasteiger partial charge in [0.15, 0.2) is 5.76 Å². The molecule has 0 saturated carbocycles. The standard InChI is InChI=1S/C27H30N4O5/c1-4-30(5-2)16-17-31-23-9-7-6-8-22(23)28-27(31)29-25(32)24-15-14-21(36-24)18-35-20-12-10-19(11-13-20)26(33)34-3/h6-15H,4-5,16-18H2,1-3H3,(H,28,29,32). The number of carbonyl (C=O) groups excluding carboxylic acids is 2. The minimum atomic E-state index is -0.412. The van der Waals surface area contributed by atoms with Gasteiger partial charge in [0.1, 0.15) is 18.1 Å². The highest BCUT2D eigenvalue weighted by Gasteiger charge is 2.17. The quantitative estimate of drug-likeness (QED) is 0.307. The third-order valence-corrected chi connectivity index (χ3v) is 5.96. The molecule has 0 unspecified atom stereocenters. The van der Waals surface area contributed by atoms with Crippen LogP contribution < -0.4 is 10.1 Å². The number of esters is 1. The highest BCUT2D eigenvalue weighted by molar-refractivity contribution is 6.02. The minimum absolute atomic E-state index is 0.132. The van der Waals surface area contributed by atoms with Crippen molar-refractivity contribution in [1.29, 1.82) is 0 Å². The lowest BCUT2D eigenvalue weighted by Gasteiger charge is -2.19. The Morgan fingerprint density at radius 3 is 2.50 bits per heavy atom. The van der Waals surface area contributed by atoms with E-state index in [1.807, 2.05) is 28.8 Å². The first-order chi connectivity index (χ1) is 17.5. The van der Waals surface area contributed by atoms with Gasteiger partial charge in [-0.05, 0) is 61.6 Å². The molecule has 0 fully saturated rings. The third kappa shape index (κ3) is 5.75. The van der Waals surface area contributed by atoms with Crippen LogP contribution in [0.4, 0.5) is 5.95 Å². The number of benzene rings is 2. The van der Waals surface area contributed by atoms with Gasteiger partial charge in [-0.2, -0.15) is 0 Å². The van der Waals surface area contributed by atoms with Crippen molar-refractivity contribution in [2.45, 2.75) is 27.0 Å². The minimum Gasteiger partial charge on any atom is -0.486 e. The Morgan fingerprint density at radius 1 is 1.03 bits per heavy atom. The molecule has 4 aromatic rings. The normalized spacial score (nSPS) is 11.1. The van der Waals surface area contributed by atoms with Crippen molar-refractivity contribution in [3.05, 3.63) is 77.7 Å². The fourth-order valence-corrected chi connectivity index (χ4v) is 3.88. The fourth-order valence-electron chi connectivity index (χ4n) is 3.88. The zero-order valence-electron chi connectivity index (χ0n) is 20.7. The number of methoxy groups -OCH3 is 1. The number of imidazole rings is 1. The molecule has 1 amide bonds. The average molecular weight is 491 g/mol. The monoisotopic (exact) mass is 490 g/mol. The maximum absolute atomic E-state index is 13.0. The van der Waals surface area contributed by atoms with Gasteiger partial charge in [-0.25, -0.2) is 9.78 Å².